The molecule has 12 bridgehead atoms. The normalized spacial score (nSPS) is 41.1. The van der Waals surface area contributed by atoms with Crippen LogP contribution in [0.15, 0.2) is 0 Å². The second-order valence-corrected chi connectivity index (χ2v) is 18.3. The Morgan fingerprint density at radius 1 is 0.377 bits per heavy atom. The van der Waals surface area contributed by atoms with Gasteiger partial charge in [0.15, 0.2) is 0 Å². The van der Waals surface area contributed by atoms with Crippen molar-refractivity contribution in [1.29, 1.82) is 0 Å². The molecular weight excluding hydrogens is 773 g/mol. The Labute approximate surface area is 369 Å². The second-order valence-electron chi connectivity index (χ2n) is 18.3. The average molecular weight is 859 g/mol. The maximum Gasteiger partial charge on any atom is 0.309 e. The zero-order chi connectivity index (χ0) is 44.8. The maximum absolute atomic E-state index is 11.2. The van der Waals surface area contributed by atoms with E-state index in [0.29, 0.717) is 66.2 Å². The first kappa shape index (κ1) is 51.0. The van der Waals surface area contributed by atoms with Gasteiger partial charge in [0.2, 0.25) is 0 Å². The van der Waals surface area contributed by atoms with Crippen molar-refractivity contribution in [3.05, 3.63) is 0 Å². The Morgan fingerprint density at radius 2 is 1.00 bits per heavy atom. The minimum atomic E-state index is 0.0532. The van der Waals surface area contributed by atoms with Gasteiger partial charge in [-0.05, 0) is 132 Å². The van der Waals surface area contributed by atoms with E-state index in [1.54, 1.807) is 0 Å². The highest BCUT2D eigenvalue weighted by Gasteiger charge is 2.56. The molecule has 7 heterocycles. The van der Waals surface area contributed by atoms with Crippen LogP contribution < -0.4 is 0 Å². The smallest absolute Gasteiger partial charge is 0.309 e. The summed E-state index contributed by atoms with van der Waals surface area (Å²) in [6.07, 6.45) is 22.4. The predicted molar refractivity (Wildman–Crippen MR) is 237 cm³/mol. The Balaban J connectivity index is 0.000000160. The van der Waals surface area contributed by atoms with E-state index in [9.17, 15) is 24.0 Å². The molecule has 16 fully saturated rings. The van der Waals surface area contributed by atoms with Crippen molar-refractivity contribution in [3.63, 3.8) is 0 Å². The Morgan fingerprint density at radius 3 is 1.51 bits per heavy atom. The molecule has 350 valence electrons. The first-order chi connectivity index (χ1) is 29.8. The van der Waals surface area contributed by atoms with Crippen molar-refractivity contribution in [2.45, 2.75) is 203 Å². The molecule has 61 heavy (non-hydrogen) atoms. The SMILES string of the molecule is CC.CC.CC.CC.CC.O=C1OC2CC3CC2CC13.O=C1OC2CC3CCC2C1C3.O=C1OC2CCC1CC2.O=C1OCC2C3CCC(C3)C12.O=C1OCC2CCCCC12. The molecule has 0 N–H and O–H groups in total. The predicted octanol–water partition coefficient (Wildman–Crippen LogP) is 11.1. The summed E-state index contributed by atoms with van der Waals surface area (Å²) in [4.78, 5) is 55.3. The minimum absolute atomic E-state index is 0.0532. The molecule has 0 aromatic rings. The Kier molecular flexibility index (Phi) is 20.9. The molecule has 0 radical (unpaired) electrons. The number of carbonyl (C=O) groups excluding carboxylic acids is 5. The van der Waals surface area contributed by atoms with Gasteiger partial charge >= 0.3 is 29.8 Å². The highest BCUT2D eigenvalue weighted by atomic mass is 16.6. The Hall–Kier alpha value is -2.65. The molecule has 10 heteroatoms. The largest absolute Gasteiger partial charge is 0.465 e. The topological polar surface area (TPSA) is 132 Å². The minimum Gasteiger partial charge on any atom is -0.465 e. The highest BCUT2D eigenvalue weighted by Crippen LogP contribution is 2.56. The van der Waals surface area contributed by atoms with E-state index >= 15 is 0 Å². The van der Waals surface area contributed by atoms with Crippen LogP contribution in [-0.2, 0) is 47.7 Å². The second kappa shape index (κ2) is 25.0. The molecule has 16 rings (SSSR count). The van der Waals surface area contributed by atoms with Gasteiger partial charge < -0.3 is 23.7 Å². The number of esters is 5. The van der Waals surface area contributed by atoms with Crippen molar-refractivity contribution in [3.8, 4) is 0 Å². The summed E-state index contributed by atoms with van der Waals surface area (Å²) in [6.45, 7) is 21.4. The lowest BCUT2D eigenvalue weighted by atomic mass is 9.65. The van der Waals surface area contributed by atoms with Crippen LogP contribution in [-0.4, -0.2) is 61.4 Å². The van der Waals surface area contributed by atoms with Crippen molar-refractivity contribution in [2.24, 2.45) is 76.9 Å². The molecule has 0 aromatic carbocycles. The molecule has 9 aliphatic carbocycles. The lowest BCUT2D eigenvalue weighted by Gasteiger charge is -2.38. The van der Waals surface area contributed by atoms with Gasteiger partial charge in [-0.2, -0.15) is 0 Å². The van der Waals surface area contributed by atoms with E-state index in [4.69, 9.17) is 23.7 Å². The van der Waals surface area contributed by atoms with Crippen LogP contribution in [0.3, 0.4) is 0 Å². The summed E-state index contributed by atoms with van der Waals surface area (Å²) in [5.41, 5.74) is 0. The monoisotopic (exact) mass is 859 g/mol. The number of carbonyl (C=O) groups is 5. The summed E-state index contributed by atoms with van der Waals surface area (Å²) in [5, 5.41) is 0. The van der Waals surface area contributed by atoms with Gasteiger partial charge in [-0.1, -0.05) is 82.1 Å². The van der Waals surface area contributed by atoms with Crippen molar-refractivity contribution < 1.29 is 47.7 Å². The third-order valence-corrected chi connectivity index (χ3v) is 15.7. The number of fused-ring (bicyclic) bond motifs is 11. The molecule has 0 spiro atoms. The van der Waals surface area contributed by atoms with Gasteiger partial charge in [0.05, 0.1) is 42.8 Å². The molecule has 0 aromatic heterocycles. The molecule has 7 aliphatic heterocycles. The van der Waals surface area contributed by atoms with Crippen LogP contribution in [0.2, 0.25) is 0 Å². The fourth-order valence-corrected chi connectivity index (χ4v) is 13.0. The van der Waals surface area contributed by atoms with Crippen LogP contribution in [0.5, 0.6) is 0 Å². The van der Waals surface area contributed by atoms with Crippen LogP contribution in [0, 0.1) is 76.9 Å². The van der Waals surface area contributed by atoms with Crippen LogP contribution in [0.25, 0.3) is 0 Å². The number of cyclic esters (lactones) is 2. The Bertz CT molecular complexity index is 1380. The summed E-state index contributed by atoms with van der Waals surface area (Å²) in [7, 11) is 0. The number of hydrogen-bond donors (Lipinski definition) is 0. The molecule has 14 atom stereocenters. The average Bonchev–Trinajstić information content (AvgIpc) is 4.22. The van der Waals surface area contributed by atoms with E-state index in [2.05, 4.69) is 0 Å². The third-order valence-electron chi connectivity index (χ3n) is 15.7. The third kappa shape index (κ3) is 11.7. The molecule has 14 unspecified atom stereocenters. The van der Waals surface area contributed by atoms with Crippen molar-refractivity contribution >= 4 is 29.8 Å². The van der Waals surface area contributed by atoms with Crippen LogP contribution >= 0.6 is 0 Å². The van der Waals surface area contributed by atoms with Gasteiger partial charge in [0.25, 0.3) is 0 Å². The molecule has 9 saturated carbocycles. The fourth-order valence-electron chi connectivity index (χ4n) is 13.0. The van der Waals surface area contributed by atoms with E-state index < -0.39 is 0 Å². The van der Waals surface area contributed by atoms with Gasteiger partial charge in [0.1, 0.15) is 18.3 Å². The summed E-state index contributed by atoms with van der Waals surface area (Å²) in [6, 6.07) is 0. The van der Waals surface area contributed by atoms with E-state index in [1.807, 2.05) is 69.2 Å². The van der Waals surface area contributed by atoms with Crippen molar-refractivity contribution in [2.75, 3.05) is 13.2 Å². The summed E-state index contributed by atoms with van der Waals surface area (Å²) in [5.74, 6) is 7.42. The molecule has 7 saturated heterocycles. The lowest BCUT2D eigenvalue weighted by molar-refractivity contribution is -0.170. The van der Waals surface area contributed by atoms with Gasteiger partial charge in [0, 0.05) is 17.8 Å². The zero-order valence-electron chi connectivity index (χ0n) is 40.0. The first-order valence-corrected chi connectivity index (χ1v) is 25.7. The standard InChI is InChI=1S/2C9H12O2.C8H10O2.C8H12O2.C7H10O2.5C2H6/c10-9-8-6-2-1-5(3-6)7(8)4-11-9;10-9-7-3-5-1-2-6(7)8(4-5)11-9;9-8-6-2-5-1-4(6)3-7(5)10-8;9-8-7-4-2-1-3-6(7)5-10-8;8-7-5-1-3-6(9-7)4-2-5;5*1-2/h2*5-8H,1-4H2;4-7H,1-3H2;6-7H,1-5H2;5-6H,1-4H2;5*1-2H3. The van der Waals surface area contributed by atoms with E-state index in [1.165, 1.54) is 64.2 Å². The van der Waals surface area contributed by atoms with Crippen molar-refractivity contribution in [1.82, 2.24) is 0 Å². The number of hydrogen-bond acceptors (Lipinski definition) is 10. The van der Waals surface area contributed by atoms with Gasteiger partial charge in [-0.25, -0.2) is 0 Å². The fraction of sp³-hybridized carbons (Fsp3) is 0.902. The van der Waals surface area contributed by atoms with Gasteiger partial charge in [-0.3, -0.25) is 24.0 Å². The molecule has 16 aliphatic rings. The highest BCUT2D eigenvalue weighted by molar-refractivity contribution is 5.77. The lowest BCUT2D eigenvalue weighted by Crippen LogP contribution is -2.39. The van der Waals surface area contributed by atoms with E-state index in [-0.39, 0.29) is 47.8 Å². The summed E-state index contributed by atoms with van der Waals surface area (Å²) >= 11 is 0. The molecular formula is C51H86O10. The maximum atomic E-state index is 11.2. The van der Waals surface area contributed by atoms with Crippen LogP contribution in [0.1, 0.15) is 185 Å². The number of ether oxygens (including phenoxy) is 5. The quantitative estimate of drug-likeness (QED) is 0.171. The van der Waals surface area contributed by atoms with Gasteiger partial charge in [-0.15, -0.1) is 0 Å². The summed E-state index contributed by atoms with van der Waals surface area (Å²) < 4.78 is 25.5. The molecule has 10 nitrogen and oxygen atoms in total. The zero-order valence-corrected chi connectivity index (χ0v) is 40.0. The molecule has 0 amide bonds. The van der Waals surface area contributed by atoms with Crippen LogP contribution in [0.4, 0.5) is 0 Å². The van der Waals surface area contributed by atoms with E-state index in [0.717, 1.165) is 75.7 Å². The number of rotatable bonds is 0. The first-order valence-electron chi connectivity index (χ1n) is 25.7.